The van der Waals surface area contributed by atoms with Gasteiger partial charge in [0.1, 0.15) is 0 Å². The molecule has 0 radical (unpaired) electrons. The molecule has 0 aliphatic heterocycles. The molecule has 0 bridgehead atoms. The first kappa shape index (κ1) is 14.8. The summed E-state index contributed by atoms with van der Waals surface area (Å²) in [5.74, 6) is -0.0947. The summed E-state index contributed by atoms with van der Waals surface area (Å²) < 4.78 is 18.7. The van der Waals surface area contributed by atoms with Crippen molar-refractivity contribution < 1.29 is 9.13 Å². The largest absolute Gasteiger partial charge is 0.494 e. The lowest BCUT2D eigenvalue weighted by atomic mass is 9.99. The van der Waals surface area contributed by atoms with Crippen LogP contribution in [0.5, 0.6) is 5.75 Å². The number of halogens is 2. The quantitative estimate of drug-likeness (QED) is 0.900. The Kier molecular flexibility index (Phi) is 4.99. The summed E-state index contributed by atoms with van der Waals surface area (Å²) in [5.41, 5.74) is 1.99. The average Bonchev–Trinajstić information content (AvgIpc) is 2.44. The summed E-state index contributed by atoms with van der Waals surface area (Å²) in [6.07, 6.45) is 0.739. The van der Waals surface area contributed by atoms with E-state index in [0.717, 1.165) is 17.5 Å². The Labute approximate surface area is 123 Å². The second-order valence-electron chi connectivity index (χ2n) is 4.57. The SMILES string of the molecule is CNC(Cc1cccc(Cl)c1)c1ccc(OC)c(F)c1. The number of hydrogen-bond donors (Lipinski definition) is 1. The standard InChI is InChI=1S/C16H17ClFNO/c1-19-15(9-11-4-3-5-13(17)8-11)12-6-7-16(20-2)14(18)10-12/h3-8,10,15,19H,9H2,1-2H3. The van der Waals surface area contributed by atoms with Crippen molar-refractivity contribution in [1.82, 2.24) is 5.32 Å². The Morgan fingerprint density at radius 1 is 1.25 bits per heavy atom. The predicted molar refractivity (Wildman–Crippen MR) is 79.9 cm³/mol. The van der Waals surface area contributed by atoms with Gasteiger partial charge in [0.05, 0.1) is 7.11 Å². The third kappa shape index (κ3) is 3.50. The molecule has 1 atom stereocenters. The third-order valence-electron chi connectivity index (χ3n) is 3.26. The van der Waals surface area contributed by atoms with Gasteiger partial charge < -0.3 is 10.1 Å². The Morgan fingerprint density at radius 2 is 2.05 bits per heavy atom. The molecule has 106 valence electrons. The number of methoxy groups -OCH3 is 1. The number of rotatable bonds is 5. The highest BCUT2D eigenvalue weighted by molar-refractivity contribution is 6.30. The molecular weight excluding hydrogens is 277 g/mol. The van der Waals surface area contributed by atoms with Crippen LogP contribution in [0.1, 0.15) is 17.2 Å². The van der Waals surface area contributed by atoms with Gasteiger partial charge >= 0.3 is 0 Å². The van der Waals surface area contributed by atoms with Gasteiger partial charge in [-0.2, -0.15) is 0 Å². The number of benzene rings is 2. The average molecular weight is 294 g/mol. The fourth-order valence-corrected chi connectivity index (χ4v) is 2.40. The Bertz CT molecular complexity index is 588. The highest BCUT2D eigenvalue weighted by Gasteiger charge is 2.13. The molecule has 4 heteroatoms. The Morgan fingerprint density at radius 3 is 2.65 bits per heavy atom. The van der Waals surface area contributed by atoms with Crippen molar-refractivity contribution in [2.45, 2.75) is 12.5 Å². The first-order valence-electron chi connectivity index (χ1n) is 6.39. The third-order valence-corrected chi connectivity index (χ3v) is 3.49. The van der Waals surface area contributed by atoms with E-state index in [9.17, 15) is 4.39 Å². The number of nitrogens with one attached hydrogen (secondary N) is 1. The molecule has 0 heterocycles. The lowest BCUT2D eigenvalue weighted by Gasteiger charge is -2.17. The van der Waals surface area contributed by atoms with Gasteiger partial charge in [0.15, 0.2) is 11.6 Å². The number of hydrogen-bond acceptors (Lipinski definition) is 2. The summed E-state index contributed by atoms with van der Waals surface area (Å²) in [7, 11) is 3.32. The second kappa shape index (κ2) is 6.73. The lowest BCUT2D eigenvalue weighted by Crippen LogP contribution is -2.19. The zero-order chi connectivity index (χ0) is 14.5. The van der Waals surface area contributed by atoms with Gasteiger partial charge in [-0.3, -0.25) is 0 Å². The van der Waals surface area contributed by atoms with Crippen LogP contribution < -0.4 is 10.1 Å². The van der Waals surface area contributed by atoms with E-state index in [2.05, 4.69) is 5.32 Å². The molecule has 0 saturated heterocycles. The van der Waals surface area contributed by atoms with Crippen LogP contribution in [0.25, 0.3) is 0 Å². The molecule has 2 aromatic rings. The summed E-state index contributed by atoms with van der Waals surface area (Å²) in [4.78, 5) is 0. The minimum absolute atomic E-state index is 0.0221. The smallest absolute Gasteiger partial charge is 0.165 e. The van der Waals surface area contributed by atoms with Crippen LogP contribution in [0, 0.1) is 5.82 Å². The molecule has 0 amide bonds. The predicted octanol–water partition coefficient (Wildman–Crippen LogP) is 3.99. The topological polar surface area (TPSA) is 21.3 Å². The molecule has 1 unspecified atom stereocenters. The van der Waals surface area contributed by atoms with E-state index < -0.39 is 0 Å². The fourth-order valence-electron chi connectivity index (χ4n) is 2.19. The van der Waals surface area contributed by atoms with Crippen molar-refractivity contribution in [1.29, 1.82) is 0 Å². The molecule has 2 rings (SSSR count). The van der Waals surface area contributed by atoms with Crippen LogP contribution >= 0.6 is 11.6 Å². The molecule has 0 aliphatic carbocycles. The summed E-state index contributed by atoms with van der Waals surface area (Å²) in [6.45, 7) is 0. The van der Waals surface area contributed by atoms with Gasteiger partial charge in [-0.1, -0.05) is 29.8 Å². The first-order valence-corrected chi connectivity index (χ1v) is 6.77. The van der Waals surface area contributed by atoms with E-state index in [1.54, 1.807) is 6.07 Å². The fraction of sp³-hybridized carbons (Fsp3) is 0.250. The molecule has 0 saturated carbocycles. The maximum absolute atomic E-state index is 13.8. The van der Waals surface area contributed by atoms with Crippen LogP contribution in [0.4, 0.5) is 4.39 Å². The molecule has 2 nitrogen and oxygen atoms in total. The van der Waals surface area contributed by atoms with Crippen LogP contribution in [-0.2, 0) is 6.42 Å². The molecule has 0 aliphatic rings. The van der Waals surface area contributed by atoms with E-state index in [-0.39, 0.29) is 17.6 Å². The van der Waals surface area contributed by atoms with Crippen LogP contribution in [0.15, 0.2) is 42.5 Å². The molecule has 1 N–H and O–H groups in total. The molecule has 0 fully saturated rings. The van der Waals surface area contributed by atoms with E-state index in [1.165, 1.54) is 13.2 Å². The van der Waals surface area contributed by atoms with Crippen molar-refractivity contribution in [3.8, 4) is 5.75 Å². The van der Waals surface area contributed by atoms with E-state index >= 15 is 0 Å². The molecule has 2 aromatic carbocycles. The van der Waals surface area contributed by atoms with Crippen LogP contribution in [-0.4, -0.2) is 14.2 Å². The van der Waals surface area contributed by atoms with Crippen molar-refractivity contribution >= 4 is 11.6 Å². The number of likely N-dealkylation sites (N-methyl/N-ethyl adjacent to an activating group) is 1. The maximum atomic E-state index is 13.8. The van der Waals surface area contributed by atoms with Crippen LogP contribution in [0.3, 0.4) is 0 Å². The minimum atomic E-state index is -0.351. The number of ether oxygens (including phenoxy) is 1. The van der Waals surface area contributed by atoms with Gasteiger partial charge in [-0.25, -0.2) is 4.39 Å². The second-order valence-corrected chi connectivity index (χ2v) is 5.01. The molecule has 0 aromatic heterocycles. The van der Waals surface area contributed by atoms with Gasteiger partial charge in [-0.05, 0) is 48.9 Å². The van der Waals surface area contributed by atoms with Crippen molar-refractivity contribution in [3.63, 3.8) is 0 Å². The van der Waals surface area contributed by atoms with Gasteiger partial charge in [0, 0.05) is 11.1 Å². The van der Waals surface area contributed by atoms with Gasteiger partial charge in [-0.15, -0.1) is 0 Å². The van der Waals surface area contributed by atoms with E-state index in [1.807, 2.05) is 37.4 Å². The highest BCUT2D eigenvalue weighted by atomic mass is 35.5. The Hall–Kier alpha value is -1.58. The van der Waals surface area contributed by atoms with Crippen molar-refractivity contribution in [2.24, 2.45) is 0 Å². The van der Waals surface area contributed by atoms with Crippen molar-refractivity contribution in [2.75, 3.05) is 14.2 Å². The maximum Gasteiger partial charge on any atom is 0.165 e. The normalized spacial score (nSPS) is 12.2. The van der Waals surface area contributed by atoms with E-state index in [0.29, 0.717) is 5.02 Å². The minimum Gasteiger partial charge on any atom is -0.494 e. The molecular formula is C16H17ClFNO. The highest BCUT2D eigenvalue weighted by Crippen LogP contribution is 2.24. The first-order chi connectivity index (χ1) is 9.63. The lowest BCUT2D eigenvalue weighted by molar-refractivity contribution is 0.385. The summed E-state index contributed by atoms with van der Waals surface area (Å²) in [5, 5.41) is 3.91. The van der Waals surface area contributed by atoms with Gasteiger partial charge in [0.25, 0.3) is 0 Å². The summed E-state index contributed by atoms with van der Waals surface area (Å²) >= 11 is 5.99. The van der Waals surface area contributed by atoms with Gasteiger partial charge in [0.2, 0.25) is 0 Å². The van der Waals surface area contributed by atoms with Crippen LogP contribution in [0.2, 0.25) is 5.02 Å². The zero-order valence-corrected chi connectivity index (χ0v) is 12.2. The summed E-state index contributed by atoms with van der Waals surface area (Å²) in [6, 6.07) is 12.7. The van der Waals surface area contributed by atoms with E-state index in [4.69, 9.17) is 16.3 Å². The molecule has 20 heavy (non-hydrogen) atoms. The van der Waals surface area contributed by atoms with Crippen molar-refractivity contribution in [3.05, 3.63) is 64.4 Å². The zero-order valence-electron chi connectivity index (χ0n) is 11.5. The molecule has 0 spiro atoms. The Balaban J connectivity index is 2.22. The monoisotopic (exact) mass is 293 g/mol.